The van der Waals surface area contributed by atoms with Crippen LogP contribution in [0.5, 0.6) is 0 Å². The molecule has 2 heterocycles. The minimum atomic E-state index is 0.528. The van der Waals surface area contributed by atoms with E-state index in [0.717, 1.165) is 77.2 Å². The van der Waals surface area contributed by atoms with Crippen LogP contribution in [0.4, 0.5) is 5.69 Å². The summed E-state index contributed by atoms with van der Waals surface area (Å²) in [6, 6.07) is 55.5. The van der Waals surface area contributed by atoms with Crippen molar-refractivity contribution in [2.45, 2.75) is 0 Å². The zero-order valence-corrected chi connectivity index (χ0v) is 26.7. The number of nitriles is 2. The van der Waals surface area contributed by atoms with Crippen LogP contribution in [0.25, 0.3) is 82.1 Å². The smallest absolute Gasteiger partial charge is 0.211 e. The number of aromatic nitrogens is 2. The summed E-state index contributed by atoms with van der Waals surface area (Å²) in [4.78, 5) is 3.88. The van der Waals surface area contributed by atoms with Crippen molar-refractivity contribution < 1.29 is 0 Å². The standard InChI is InChI=1S/C45H25N5/c1-48-39-19-10-18-36-34-15-5-9-22-42(34)50(45(36)39)43-23-11-17-32(38(43)28-47)30-12-2-3-13-31(30)33-14-4-7-20-40(33)49-41-21-8-6-16-35(41)37-26-29(27-46)24-25-44(37)49/h2-26H. The second-order valence-corrected chi connectivity index (χ2v) is 12.2. The van der Waals surface area contributed by atoms with E-state index in [0.29, 0.717) is 16.8 Å². The molecule has 50 heavy (non-hydrogen) atoms. The van der Waals surface area contributed by atoms with Crippen molar-refractivity contribution in [2.24, 2.45) is 0 Å². The third kappa shape index (κ3) is 4.17. The van der Waals surface area contributed by atoms with Crippen LogP contribution in [0.15, 0.2) is 152 Å². The molecule has 0 radical (unpaired) electrons. The summed E-state index contributed by atoms with van der Waals surface area (Å²) < 4.78 is 4.34. The van der Waals surface area contributed by atoms with Gasteiger partial charge in [0.2, 0.25) is 5.69 Å². The first-order chi connectivity index (χ1) is 24.7. The third-order valence-corrected chi connectivity index (χ3v) is 9.64. The Morgan fingerprint density at radius 3 is 1.76 bits per heavy atom. The molecule has 0 saturated carbocycles. The molecule has 5 nitrogen and oxygen atoms in total. The Kier molecular flexibility index (Phi) is 6.56. The number of hydrogen-bond donors (Lipinski definition) is 0. The molecule has 0 saturated heterocycles. The molecule has 0 amide bonds. The summed E-state index contributed by atoms with van der Waals surface area (Å²) in [7, 11) is 0. The summed E-state index contributed by atoms with van der Waals surface area (Å²) in [5, 5.41) is 24.7. The Hall–Kier alpha value is -7.39. The number of rotatable bonds is 4. The molecule has 0 aliphatic rings. The lowest BCUT2D eigenvalue weighted by Crippen LogP contribution is -2.01. The van der Waals surface area contributed by atoms with E-state index < -0.39 is 0 Å². The molecule has 0 bridgehead atoms. The molecule has 9 aromatic rings. The average Bonchev–Trinajstić information content (AvgIpc) is 3.70. The normalized spacial score (nSPS) is 11.1. The molecule has 0 unspecified atom stereocenters. The zero-order chi connectivity index (χ0) is 33.8. The molecular weight excluding hydrogens is 611 g/mol. The van der Waals surface area contributed by atoms with E-state index >= 15 is 0 Å². The number of fused-ring (bicyclic) bond motifs is 6. The van der Waals surface area contributed by atoms with E-state index in [1.807, 2.05) is 109 Å². The Morgan fingerprint density at radius 2 is 1.02 bits per heavy atom. The highest BCUT2D eigenvalue weighted by Crippen LogP contribution is 2.43. The monoisotopic (exact) mass is 635 g/mol. The maximum absolute atomic E-state index is 10.9. The van der Waals surface area contributed by atoms with Gasteiger partial charge in [0.1, 0.15) is 6.07 Å². The van der Waals surface area contributed by atoms with Gasteiger partial charge in [-0.2, -0.15) is 10.5 Å². The number of benzene rings is 7. The Balaban J connectivity index is 1.31. The summed E-state index contributed by atoms with van der Waals surface area (Å²) in [6.07, 6.45) is 0. The van der Waals surface area contributed by atoms with Gasteiger partial charge in [-0.1, -0.05) is 109 Å². The summed E-state index contributed by atoms with van der Waals surface area (Å²) in [5.41, 5.74) is 10.9. The molecular formula is C45H25N5. The van der Waals surface area contributed by atoms with Crippen molar-refractivity contribution in [3.8, 4) is 45.8 Å². The first kappa shape index (κ1) is 28.8. The lowest BCUT2D eigenvalue weighted by atomic mass is 9.90. The molecule has 0 aliphatic carbocycles. The van der Waals surface area contributed by atoms with Crippen LogP contribution >= 0.6 is 0 Å². The lowest BCUT2D eigenvalue weighted by Gasteiger charge is -2.19. The van der Waals surface area contributed by atoms with Gasteiger partial charge in [-0.3, -0.25) is 0 Å². The first-order valence-corrected chi connectivity index (χ1v) is 16.3. The van der Waals surface area contributed by atoms with Crippen molar-refractivity contribution in [3.05, 3.63) is 174 Å². The van der Waals surface area contributed by atoms with Crippen molar-refractivity contribution in [2.75, 3.05) is 0 Å². The predicted octanol–water partition coefficient (Wildman–Crippen LogP) is 11.5. The van der Waals surface area contributed by atoms with Crippen molar-refractivity contribution in [1.82, 2.24) is 9.13 Å². The molecule has 0 N–H and O–H groups in total. The van der Waals surface area contributed by atoms with Crippen molar-refractivity contribution in [1.29, 1.82) is 10.5 Å². The van der Waals surface area contributed by atoms with Gasteiger partial charge in [0.15, 0.2) is 0 Å². The van der Waals surface area contributed by atoms with E-state index in [-0.39, 0.29) is 0 Å². The molecule has 0 fully saturated rings. The van der Waals surface area contributed by atoms with Gasteiger partial charge in [-0.05, 0) is 59.0 Å². The Bertz CT molecular complexity index is 2970. The molecule has 0 spiro atoms. The van der Waals surface area contributed by atoms with E-state index in [1.54, 1.807) is 0 Å². The molecule has 5 heteroatoms. The lowest BCUT2D eigenvalue weighted by molar-refractivity contribution is 1.17. The molecule has 7 aromatic carbocycles. The van der Waals surface area contributed by atoms with E-state index in [9.17, 15) is 10.5 Å². The van der Waals surface area contributed by atoms with Gasteiger partial charge in [0.05, 0.1) is 57.2 Å². The van der Waals surface area contributed by atoms with Gasteiger partial charge in [0, 0.05) is 27.3 Å². The van der Waals surface area contributed by atoms with Crippen LogP contribution in [0.1, 0.15) is 11.1 Å². The highest BCUT2D eigenvalue weighted by Gasteiger charge is 2.22. The number of hydrogen-bond acceptors (Lipinski definition) is 2. The zero-order valence-electron chi connectivity index (χ0n) is 26.7. The van der Waals surface area contributed by atoms with Crippen LogP contribution in [-0.4, -0.2) is 9.13 Å². The first-order valence-electron chi connectivity index (χ1n) is 16.3. The number of nitrogens with zero attached hydrogens (tertiary/aromatic N) is 5. The molecule has 2 aromatic heterocycles. The molecule has 9 rings (SSSR count). The Morgan fingerprint density at radius 1 is 0.460 bits per heavy atom. The Labute approximate surface area is 288 Å². The van der Waals surface area contributed by atoms with Crippen LogP contribution in [0.2, 0.25) is 0 Å². The van der Waals surface area contributed by atoms with Crippen LogP contribution in [-0.2, 0) is 0 Å². The second kappa shape index (κ2) is 11.4. The minimum absolute atomic E-state index is 0.528. The highest BCUT2D eigenvalue weighted by atomic mass is 15.0. The van der Waals surface area contributed by atoms with Crippen molar-refractivity contribution >= 4 is 49.3 Å². The SMILES string of the molecule is [C-]#[N+]c1cccc2c3ccccc3n(-c3cccc(-c4ccccc4-c4ccccc4-n4c5ccccc5c5cc(C#N)ccc54)c3C#N)c12. The van der Waals surface area contributed by atoms with Crippen LogP contribution < -0.4 is 0 Å². The highest BCUT2D eigenvalue weighted by molar-refractivity contribution is 6.14. The maximum atomic E-state index is 10.9. The van der Waals surface area contributed by atoms with Crippen LogP contribution in [0, 0.1) is 29.2 Å². The van der Waals surface area contributed by atoms with Crippen LogP contribution in [0.3, 0.4) is 0 Å². The summed E-state index contributed by atoms with van der Waals surface area (Å²) in [6.45, 7) is 7.99. The van der Waals surface area contributed by atoms with E-state index in [2.05, 4.69) is 68.6 Å². The van der Waals surface area contributed by atoms with E-state index in [1.165, 1.54) is 0 Å². The predicted molar refractivity (Wildman–Crippen MR) is 202 cm³/mol. The quantitative estimate of drug-likeness (QED) is 0.181. The molecule has 230 valence electrons. The van der Waals surface area contributed by atoms with Gasteiger partial charge in [0.25, 0.3) is 0 Å². The average molecular weight is 636 g/mol. The third-order valence-electron chi connectivity index (χ3n) is 9.64. The molecule has 0 aliphatic heterocycles. The topological polar surface area (TPSA) is 61.8 Å². The fraction of sp³-hybridized carbons (Fsp3) is 0. The summed E-state index contributed by atoms with van der Waals surface area (Å²) in [5.74, 6) is 0. The van der Waals surface area contributed by atoms with Gasteiger partial charge in [-0.25, -0.2) is 4.85 Å². The van der Waals surface area contributed by atoms with Gasteiger partial charge in [-0.15, -0.1) is 0 Å². The minimum Gasteiger partial charge on any atom is -0.318 e. The fourth-order valence-corrected chi connectivity index (χ4v) is 7.56. The van der Waals surface area contributed by atoms with Gasteiger partial charge >= 0.3 is 0 Å². The maximum Gasteiger partial charge on any atom is 0.211 e. The summed E-state index contributed by atoms with van der Waals surface area (Å²) >= 11 is 0. The second-order valence-electron chi connectivity index (χ2n) is 12.2. The largest absolute Gasteiger partial charge is 0.318 e. The molecule has 0 atom stereocenters. The van der Waals surface area contributed by atoms with E-state index in [4.69, 9.17) is 6.57 Å². The van der Waals surface area contributed by atoms with Crippen molar-refractivity contribution in [3.63, 3.8) is 0 Å². The van der Waals surface area contributed by atoms with Gasteiger partial charge < -0.3 is 9.13 Å². The number of para-hydroxylation sites is 4. The fourth-order valence-electron chi connectivity index (χ4n) is 7.56.